The summed E-state index contributed by atoms with van der Waals surface area (Å²) in [6.45, 7) is 6.15. The standard InChI is InChI=1S/C16H17Cl2NO2S/c1-10(2)14-6-5-13(8-11(14)3)19-22(20,21)16-7-4-12(17)9-15(16)18/h4-10,19H,1-3H3. The molecule has 3 nitrogen and oxygen atoms in total. The van der Waals surface area contributed by atoms with Crippen molar-refractivity contribution >= 4 is 38.9 Å². The van der Waals surface area contributed by atoms with Crippen LogP contribution in [0.1, 0.15) is 30.9 Å². The molecule has 0 amide bonds. The monoisotopic (exact) mass is 357 g/mol. The summed E-state index contributed by atoms with van der Waals surface area (Å²) < 4.78 is 27.4. The first kappa shape index (κ1) is 17.1. The van der Waals surface area contributed by atoms with Gasteiger partial charge in [0.05, 0.1) is 5.02 Å². The van der Waals surface area contributed by atoms with E-state index in [2.05, 4.69) is 18.6 Å². The molecule has 0 aromatic heterocycles. The fourth-order valence-corrected chi connectivity index (χ4v) is 4.11. The van der Waals surface area contributed by atoms with Gasteiger partial charge in [-0.25, -0.2) is 8.42 Å². The van der Waals surface area contributed by atoms with Crippen LogP contribution >= 0.6 is 23.2 Å². The zero-order valence-electron chi connectivity index (χ0n) is 12.5. The molecule has 118 valence electrons. The summed E-state index contributed by atoms with van der Waals surface area (Å²) in [4.78, 5) is 0.00385. The Morgan fingerprint density at radius 2 is 1.73 bits per heavy atom. The Morgan fingerprint density at radius 3 is 2.27 bits per heavy atom. The van der Waals surface area contributed by atoms with Gasteiger partial charge < -0.3 is 0 Å². The quantitative estimate of drug-likeness (QED) is 0.814. The summed E-state index contributed by atoms with van der Waals surface area (Å²) >= 11 is 11.8. The maximum Gasteiger partial charge on any atom is 0.263 e. The van der Waals surface area contributed by atoms with Gasteiger partial charge in [0, 0.05) is 10.7 Å². The minimum Gasteiger partial charge on any atom is -0.280 e. The fraction of sp³-hybridized carbons (Fsp3) is 0.250. The molecule has 0 bridgehead atoms. The van der Waals surface area contributed by atoms with Crippen molar-refractivity contribution in [2.75, 3.05) is 4.72 Å². The molecular weight excluding hydrogens is 341 g/mol. The van der Waals surface area contributed by atoms with Gasteiger partial charge >= 0.3 is 0 Å². The summed E-state index contributed by atoms with van der Waals surface area (Å²) in [7, 11) is -3.75. The summed E-state index contributed by atoms with van der Waals surface area (Å²) in [6, 6.07) is 9.80. The molecule has 0 aliphatic heterocycles. The number of rotatable bonds is 4. The fourth-order valence-electron chi connectivity index (χ4n) is 2.29. The van der Waals surface area contributed by atoms with Crippen molar-refractivity contribution in [1.29, 1.82) is 0 Å². The molecule has 0 saturated carbocycles. The Kier molecular flexibility index (Phi) is 5.05. The average molecular weight is 358 g/mol. The van der Waals surface area contributed by atoms with Crippen LogP contribution in [-0.2, 0) is 10.0 Å². The average Bonchev–Trinajstić information content (AvgIpc) is 2.37. The van der Waals surface area contributed by atoms with Gasteiger partial charge in [0.1, 0.15) is 4.90 Å². The van der Waals surface area contributed by atoms with E-state index in [1.807, 2.05) is 19.1 Å². The molecular formula is C16H17Cl2NO2S. The Labute approximate surface area is 141 Å². The second-order valence-corrected chi connectivity index (χ2v) is 7.90. The Hall–Kier alpha value is -1.23. The molecule has 2 aromatic carbocycles. The Bertz CT molecular complexity index is 802. The zero-order chi connectivity index (χ0) is 16.5. The second-order valence-electron chi connectivity index (χ2n) is 5.41. The molecule has 0 aliphatic rings. The second kappa shape index (κ2) is 6.49. The number of hydrogen-bond acceptors (Lipinski definition) is 2. The highest BCUT2D eigenvalue weighted by Crippen LogP contribution is 2.28. The lowest BCUT2D eigenvalue weighted by Gasteiger charge is -2.14. The molecule has 0 fully saturated rings. The third-order valence-electron chi connectivity index (χ3n) is 3.33. The third-order valence-corrected chi connectivity index (χ3v) is 5.43. The van der Waals surface area contributed by atoms with Crippen LogP contribution in [0.15, 0.2) is 41.3 Å². The molecule has 0 unspecified atom stereocenters. The summed E-state index contributed by atoms with van der Waals surface area (Å²) in [6.07, 6.45) is 0. The molecule has 2 rings (SSSR count). The van der Waals surface area contributed by atoms with Gasteiger partial charge in [-0.15, -0.1) is 0 Å². The molecule has 0 radical (unpaired) electrons. The van der Waals surface area contributed by atoms with Gasteiger partial charge in [0.2, 0.25) is 0 Å². The van der Waals surface area contributed by atoms with Gasteiger partial charge in [0.15, 0.2) is 0 Å². The highest BCUT2D eigenvalue weighted by molar-refractivity contribution is 7.92. The van der Waals surface area contributed by atoms with Crippen LogP contribution in [-0.4, -0.2) is 8.42 Å². The maximum atomic E-state index is 12.4. The number of nitrogens with one attached hydrogen (secondary N) is 1. The van der Waals surface area contributed by atoms with Crippen LogP contribution in [0.4, 0.5) is 5.69 Å². The molecule has 0 aliphatic carbocycles. The van der Waals surface area contributed by atoms with E-state index < -0.39 is 10.0 Å². The van der Waals surface area contributed by atoms with Crippen LogP contribution in [0.5, 0.6) is 0 Å². The normalized spacial score (nSPS) is 11.7. The lowest BCUT2D eigenvalue weighted by Crippen LogP contribution is -2.13. The van der Waals surface area contributed by atoms with Crippen LogP contribution in [0.3, 0.4) is 0 Å². The molecule has 0 spiro atoms. The number of aryl methyl sites for hydroxylation is 1. The van der Waals surface area contributed by atoms with Crippen molar-refractivity contribution in [3.63, 3.8) is 0 Å². The van der Waals surface area contributed by atoms with Crippen molar-refractivity contribution in [1.82, 2.24) is 0 Å². The topological polar surface area (TPSA) is 46.2 Å². The molecule has 0 heterocycles. The van der Waals surface area contributed by atoms with Crippen LogP contribution in [0, 0.1) is 6.92 Å². The van der Waals surface area contributed by atoms with Crippen molar-refractivity contribution in [2.45, 2.75) is 31.6 Å². The zero-order valence-corrected chi connectivity index (χ0v) is 14.9. The number of anilines is 1. The van der Waals surface area contributed by atoms with Crippen molar-refractivity contribution in [3.05, 3.63) is 57.6 Å². The smallest absolute Gasteiger partial charge is 0.263 e. The predicted molar refractivity (Wildman–Crippen MR) is 92.5 cm³/mol. The first-order valence-electron chi connectivity index (χ1n) is 6.79. The van der Waals surface area contributed by atoms with E-state index >= 15 is 0 Å². The molecule has 0 saturated heterocycles. The summed E-state index contributed by atoms with van der Waals surface area (Å²) in [5.74, 6) is 0.386. The van der Waals surface area contributed by atoms with E-state index in [1.54, 1.807) is 6.07 Å². The van der Waals surface area contributed by atoms with E-state index in [1.165, 1.54) is 23.8 Å². The molecule has 22 heavy (non-hydrogen) atoms. The molecule has 2 aromatic rings. The molecule has 0 atom stereocenters. The largest absolute Gasteiger partial charge is 0.280 e. The minimum atomic E-state index is -3.75. The highest BCUT2D eigenvalue weighted by atomic mass is 35.5. The van der Waals surface area contributed by atoms with E-state index in [9.17, 15) is 8.42 Å². The predicted octanol–water partition coefficient (Wildman–Crippen LogP) is 5.23. The lowest BCUT2D eigenvalue weighted by molar-refractivity contribution is 0.601. The van der Waals surface area contributed by atoms with E-state index in [4.69, 9.17) is 23.2 Å². The summed E-state index contributed by atoms with van der Waals surface area (Å²) in [5, 5.41) is 0.483. The Morgan fingerprint density at radius 1 is 1.05 bits per heavy atom. The highest BCUT2D eigenvalue weighted by Gasteiger charge is 2.18. The molecule has 6 heteroatoms. The Balaban J connectivity index is 2.35. The van der Waals surface area contributed by atoms with Crippen LogP contribution in [0.2, 0.25) is 10.0 Å². The number of hydrogen-bond donors (Lipinski definition) is 1. The van der Waals surface area contributed by atoms with E-state index in [0.717, 1.165) is 5.56 Å². The van der Waals surface area contributed by atoms with Gasteiger partial charge in [-0.3, -0.25) is 4.72 Å². The van der Waals surface area contributed by atoms with Gasteiger partial charge in [-0.2, -0.15) is 0 Å². The van der Waals surface area contributed by atoms with Gasteiger partial charge in [-0.1, -0.05) is 43.1 Å². The number of sulfonamides is 1. The summed E-state index contributed by atoms with van der Waals surface area (Å²) in [5.41, 5.74) is 2.73. The van der Waals surface area contributed by atoms with Crippen molar-refractivity contribution < 1.29 is 8.42 Å². The first-order chi connectivity index (χ1) is 10.2. The number of halogens is 2. The number of benzene rings is 2. The SMILES string of the molecule is Cc1cc(NS(=O)(=O)c2ccc(Cl)cc2Cl)ccc1C(C)C. The van der Waals surface area contributed by atoms with Gasteiger partial charge in [-0.05, 0) is 54.3 Å². The maximum absolute atomic E-state index is 12.4. The lowest BCUT2D eigenvalue weighted by atomic mass is 9.98. The minimum absolute atomic E-state index is 0.00385. The van der Waals surface area contributed by atoms with E-state index in [-0.39, 0.29) is 9.92 Å². The third kappa shape index (κ3) is 3.75. The van der Waals surface area contributed by atoms with E-state index in [0.29, 0.717) is 16.6 Å². The van der Waals surface area contributed by atoms with Gasteiger partial charge in [0.25, 0.3) is 10.0 Å². The van der Waals surface area contributed by atoms with Crippen LogP contribution < -0.4 is 4.72 Å². The van der Waals surface area contributed by atoms with Crippen molar-refractivity contribution in [2.24, 2.45) is 0 Å². The molecule has 1 N–H and O–H groups in total. The van der Waals surface area contributed by atoms with Crippen molar-refractivity contribution in [3.8, 4) is 0 Å². The first-order valence-corrected chi connectivity index (χ1v) is 9.03. The van der Waals surface area contributed by atoms with Crippen LogP contribution in [0.25, 0.3) is 0 Å².